The number of piperazine rings is 1. The molecule has 1 saturated heterocycles. The number of hydrogen-bond acceptors (Lipinski definition) is 7. The number of nitrogens with one attached hydrogen (secondary N) is 1. The molecular formula is C13H16N4O3. The molecular weight excluding hydrogens is 260 g/mol. The molecule has 1 aromatic carbocycles. The smallest absolute Gasteiger partial charge is 0.245 e. The van der Waals surface area contributed by atoms with Gasteiger partial charge >= 0.3 is 0 Å². The summed E-state index contributed by atoms with van der Waals surface area (Å²) >= 11 is 0. The van der Waals surface area contributed by atoms with E-state index in [4.69, 9.17) is 4.52 Å². The van der Waals surface area contributed by atoms with Crippen molar-refractivity contribution in [3.63, 3.8) is 0 Å². The summed E-state index contributed by atoms with van der Waals surface area (Å²) in [5, 5.41) is 26.0. The van der Waals surface area contributed by atoms with Gasteiger partial charge in [0.25, 0.3) is 0 Å². The number of aromatic hydroxyl groups is 2. The Balaban J connectivity index is 1.84. The molecule has 0 saturated carbocycles. The van der Waals surface area contributed by atoms with Crippen LogP contribution < -0.4 is 5.32 Å². The van der Waals surface area contributed by atoms with E-state index >= 15 is 0 Å². The van der Waals surface area contributed by atoms with Crippen LogP contribution in [-0.4, -0.2) is 51.9 Å². The molecule has 0 spiro atoms. The van der Waals surface area contributed by atoms with Gasteiger partial charge in [0.2, 0.25) is 11.7 Å². The second-order valence-electron chi connectivity index (χ2n) is 4.93. The summed E-state index contributed by atoms with van der Waals surface area (Å²) in [5.41, 5.74) is 0.597. The zero-order valence-electron chi connectivity index (χ0n) is 11.1. The first-order valence-electron chi connectivity index (χ1n) is 6.41. The largest absolute Gasteiger partial charge is 0.504 e. The Morgan fingerprint density at radius 3 is 2.95 bits per heavy atom. The number of aromatic nitrogens is 2. The van der Waals surface area contributed by atoms with Crippen molar-refractivity contribution in [3.05, 3.63) is 24.1 Å². The van der Waals surface area contributed by atoms with Crippen LogP contribution in [0.5, 0.6) is 11.5 Å². The Hall–Kier alpha value is -2.12. The van der Waals surface area contributed by atoms with Crippen molar-refractivity contribution in [3.8, 4) is 22.9 Å². The van der Waals surface area contributed by atoms with Crippen LogP contribution >= 0.6 is 0 Å². The van der Waals surface area contributed by atoms with E-state index < -0.39 is 0 Å². The molecule has 2 aromatic rings. The van der Waals surface area contributed by atoms with E-state index in [0.29, 0.717) is 17.3 Å². The normalized spacial score (nSPS) is 20.1. The molecule has 1 fully saturated rings. The Bertz CT molecular complexity index is 613. The van der Waals surface area contributed by atoms with Crippen molar-refractivity contribution in [1.29, 1.82) is 0 Å². The summed E-state index contributed by atoms with van der Waals surface area (Å²) in [6.45, 7) is 2.67. The molecule has 1 aliphatic rings. The second-order valence-corrected chi connectivity index (χ2v) is 4.93. The van der Waals surface area contributed by atoms with E-state index in [9.17, 15) is 10.2 Å². The lowest BCUT2D eigenvalue weighted by molar-refractivity contribution is 0.208. The Kier molecular flexibility index (Phi) is 3.29. The minimum absolute atomic E-state index is 0.0145. The number of nitrogens with zero attached hydrogens (tertiary/aromatic N) is 3. The van der Waals surface area contributed by atoms with Crippen LogP contribution in [0.2, 0.25) is 0 Å². The average molecular weight is 276 g/mol. The van der Waals surface area contributed by atoms with Gasteiger partial charge in [-0.05, 0) is 25.2 Å². The summed E-state index contributed by atoms with van der Waals surface area (Å²) < 4.78 is 5.28. The van der Waals surface area contributed by atoms with Crippen LogP contribution in [0.3, 0.4) is 0 Å². The molecule has 20 heavy (non-hydrogen) atoms. The molecule has 0 amide bonds. The highest BCUT2D eigenvalue weighted by molar-refractivity contribution is 5.59. The highest BCUT2D eigenvalue weighted by Gasteiger charge is 2.24. The maximum absolute atomic E-state index is 9.50. The van der Waals surface area contributed by atoms with Crippen LogP contribution in [0.15, 0.2) is 22.7 Å². The number of rotatable bonds is 2. The third-order valence-electron chi connectivity index (χ3n) is 3.35. The first-order chi connectivity index (χ1) is 9.63. The fourth-order valence-corrected chi connectivity index (χ4v) is 2.22. The van der Waals surface area contributed by atoms with Crippen LogP contribution in [0.4, 0.5) is 0 Å². The van der Waals surface area contributed by atoms with E-state index in [1.807, 2.05) is 7.05 Å². The van der Waals surface area contributed by atoms with Gasteiger partial charge in [-0.15, -0.1) is 0 Å². The lowest BCUT2D eigenvalue weighted by atomic mass is 10.2. The Labute approximate surface area is 115 Å². The predicted octanol–water partition coefficient (Wildman–Crippen LogP) is 0.724. The van der Waals surface area contributed by atoms with E-state index in [2.05, 4.69) is 20.4 Å². The van der Waals surface area contributed by atoms with Gasteiger partial charge in [-0.3, -0.25) is 0 Å². The monoisotopic (exact) mass is 276 g/mol. The predicted molar refractivity (Wildman–Crippen MR) is 71.3 cm³/mol. The number of likely N-dealkylation sites (N-methyl/N-ethyl adjacent to an activating group) is 1. The lowest BCUT2D eigenvalue weighted by Gasteiger charge is -2.28. The van der Waals surface area contributed by atoms with Gasteiger partial charge in [-0.1, -0.05) is 5.16 Å². The Morgan fingerprint density at radius 2 is 2.20 bits per heavy atom. The number of phenols is 2. The summed E-state index contributed by atoms with van der Waals surface area (Å²) in [6, 6.07) is 4.45. The van der Waals surface area contributed by atoms with E-state index in [-0.39, 0.29) is 17.5 Å². The third-order valence-corrected chi connectivity index (χ3v) is 3.35. The van der Waals surface area contributed by atoms with Gasteiger partial charge in [-0.2, -0.15) is 4.98 Å². The van der Waals surface area contributed by atoms with Gasteiger partial charge < -0.3 is 25.0 Å². The quantitative estimate of drug-likeness (QED) is 0.696. The van der Waals surface area contributed by atoms with Crippen molar-refractivity contribution in [2.75, 3.05) is 26.7 Å². The first kappa shape index (κ1) is 12.9. The second kappa shape index (κ2) is 5.10. The van der Waals surface area contributed by atoms with Crippen molar-refractivity contribution < 1.29 is 14.7 Å². The fraction of sp³-hybridized carbons (Fsp3) is 0.385. The van der Waals surface area contributed by atoms with Crippen molar-refractivity contribution in [1.82, 2.24) is 20.4 Å². The molecule has 1 unspecified atom stereocenters. The SMILES string of the molecule is CN1CCNC(c2nc(-c3ccc(O)c(O)c3)no2)C1. The number of benzene rings is 1. The summed E-state index contributed by atoms with van der Waals surface area (Å²) in [7, 11) is 2.04. The van der Waals surface area contributed by atoms with Crippen molar-refractivity contribution in [2.24, 2.45) is 0 Å². The zero-order valence-corrected chi connectivity index (χ0v) is 11.1. The minimum Gasteiger partial charge on any atom is -0.504 e. The minimum atomic E-state index is -0.204. The lowest BCUT2D eigenvalue weighted by Crippen LogP contribution is -2.43. The topological polar surface area (TPSA) is 94.7 Å². The van der Waals surface area contributed by atoms with Crippen LogP contribution in [0, 0.1) is 0 Å². The molecule has 0 bridgehead atoms. The van der Waals surface area contributed by atoms with E-state index in [0.717, 1.165) is 19.6 Å². The van der Waals surface area contributed by atoms with E-state index in [1.54, 1.807) is 6.07 Å². The molecule has 7 heteroatoms. The molecule has 3 rings (SSSR count). The van der Waals surface area contributed by atoms with Gasteiger partial charge in [0, 0.05) is 25.2 Å². The summed E-state index contributed by atoms with van der Waals surface area (Å²) in [6.07, 6.45) is 0. The highest BCUT2D eigenvalue weighted by atomic mass is 16.5. The fourth-order valence-electron chi connectivity index (χ4n) is 2.22. The molecule has 3 N–H and O–H groups in total. The zero-order chi connectivity index (χ0) is 14.1. The molecule has 0 radical (unpaired) electrons. The summed E-state index contributed by atoms with van der Waals surface area (Å²) in [5.74, 6) is 0.543. The summed E-state index contributed by atoms with van der Waals surface area (Å²) in [4.78, 5) is 6.54. The molecule has 106 valence electrons. The molecule has 1 aromatic heterocycles. The van der Waals surface area contributed by atoms with Crippen LogP contribution in [0.25, 0.3) is 11.4 Å². The Morgan fingerprint density at radius 1 is 1.35 bits per heavy atom. The first-order valence-corrected chi connectivity index (χ1v) is 6.41. The highest BCUT2D eigenvalue weighted by Crippen LogP contribution is 2.29. The number of hydrogen-bond donors (Lipinski definition) is 3. The molecule has 7 nitrogen and oxygen atoms in total. The van der Waals surface area contributed by atoms with Crippen molar-refractivity contribution >= 4 is 0 Å². The molecule has 1 atom stereocenters. The van der Waals surface area contributed by atoms with Gasteiger partial charge in [0.1, 0.15) is 6.04 Å². The molecule has 2 heterocycles. The van der Waals surface area contributed by atoms with Gasteiger partial charge in [-0.25, -0.2) is 0 Å². The van der Waals surface area contributed by atoms with Gasteiger partial charge in [0.15, 0.2) is 11.5 Å². The van der Waals surface area contributed by atoms with Gasteiger partial charge in [0.05, 0.1) is 0 Å². The maximum Gasteiger partial charge on any atom is 0.245 e. The number of phenolic OH excluding ortho intramolecular Hbond substituents is 2. The third kappa shape index (κ3) is 2.45. The molecule has 0 aliphatic carbocycles. The van der Waals surface area contributed by atoms with Crippen LogP contribution in [-0.2, 0) is 0 Å². The standard InChI is InChI=1S/C13H16N4O3/c1-17-5-4-14-9(7-17)13-15-12(16-20-13)8-2-3-10(18)11(19)6-8/h2-3,6,9,14,18-19H,4-5,7H2,1H3. The average Bonchev–Trinajstić information content (AvgIpc) is 2.92. The molecule has 1 aliphatic heterocycles. The van der Waals surface area contributed by atoms with Crippen molar-refractivity contribution in [2.45, 2.75) is 6.04 Å². The van der Waals surface area contributed by atoms with Crippen LogP contribution in [0.1, 0.15) is 11.9 Å². The maximum atomic E-state index is 9.50. The van der Waals surface area contributed by atoms with E-state index in [1.165, 1.54) is 12.1 Å².